The Hall–Kier alpha value is -1.81. The zero-order valence-electron chi connectivity index (χ0n) is 10.5. The number of aryl methyl sites for hydroxylation is 1. The van der Waals surface area contributed by atoms with Crippen molar-refractivity contribution in [2.45, 2.75) is 26.3 Å². The molecule has 0 amide bonds. The lowest BCUT2D eigenvalue weighted by molar-refractivity contribution is 0.0697. The van der Waals surface area contributed by atoms with Crippen LogP contribution >= 0.6 is 0 Å². The molecule has 0 radical (unpaired) electrons. The molecule has 0 aliphatic heterocycles. The molecule has 0 saturated heterocycles. The van der Waals surface area contributed by atoms with Gasteiger partial charge in [-0.2, -0.15) is 0 Å². The highest BCUT2D eigenvalue weighted by molar-refractivity contribution is 5.94. The van der Waals surface area contributed by atoms with Crippen molar-refractivity contribution in [1.82, 2.24) is 4.57 Å². The molecule has 96 valence electrons. The number of rotatable bonds is 5. The topological polar surface area (TPSA) is 68.2 Å². The van der Waals surface area contributed by atoms with Gasteiger partial charge in [0.15, 0.2) is 0 Å². The van der Waals surface area contributed by atoms with Gasteiger partial charge in [0.1, 0.15) is 0 Å². The van der Waals surface area contributed by atoms with Gasteiger partial charge in [0.25, 0.3) is 0 Å². The fourth-order valence-electron chi connectivity index (χ4n) is 2.28. The van der Waals surface area contributed by atoms with E-state index in [1.165, 1.54) is 5.56 Å². The van der Waals surface area contributed by atoms with Crippen LogP contribution < -0.4 is 5.73 Å². The van der Waals surface area contributed by atoms with Gasteiger partial charge in [0, 0.05) is 23.6 Å². The molecule has 3 N–H and O–H groups in total. The third kappa shape index (κ3) is 2.24. The minimum Gasteiger partial charge on any atom is -0.478 e. The second kappa shape index (κ2) is 5.23. The van der Waals surface area contributed by atoms with Gasteiger partial charge in [-0.3, -0.25) is 0 Å². The second-order valence-electron chi connectivity index (χ2n) is 4.42. The van der Waals surface area contributed by atoms with Crippen LogP contribution in [0.2, 0.25) is 0 Å². The summed E-state index contributed by atoms with van der Waals surface area (Å²) in [5.74, 6) is -0.887. The largest absolute Gasteiger partial charge is 0.478 e. The first-order valence-corrected chi connectivity index (χ1v) is 6.22. The van der Waals surface area contributed by atoms with Crippen molar-refractivity contribution < 1.29 is 9.90 Å². The molecule has 0 atom stereocenters. The number of fused-ring (bicyclic) bond motifs is 1. The summed E-state index contributed by atoms with van der Waals surface area (Å²) in [6, 6.07) is 5.28. The van der Waals surface area contributed by atoms with Gasteiger partial charge in [-0.15, -0.1) is 0 Å². The van der Waals surface area contributed by atoms with Crippen LogP contribution in [0.15, 0.2) is 24.4 Å². The van der Waals surface area contributed by atoms with Gasteiger partial charge in [-0.25, -0.2) is 4.79 Å². The van der Waals surface area contributed by atoms with Crippen LogP contribution in [-0.4, -0.2) is 22.2 Å². The Bertz CT molecular complexity index is 572. The van der Waals surface area contributed by atoms with Crippen molar-refractivity contribution in [3.8, 4) is 0 Å². The number of hydrogen-bond donors (Lipinski definition) is 2. The van der Waals surface area contributed by atoms with Crippen molar-refractivity contribution in [1.29, 1.82) is 0 Å². The molecule has 2 aromatic rings. The lowest BCUT2D eigenvalue weighted by Gasteiger charge is -2.03. The molecule has 0 aliphatic rings. The molecule has 0 aliphatic carbocycles. The van der Waals surface area contributed by atoms with Crippen molar-refractivity contribution >= 4 is 16.9 Å². The quantitative estimate of drug-likeness (QED) is 0.850. The highest BCUT2D eigenvalue weighted by atomic mass is 16.4. The van der Waals surface area contributed by atoms with Gasteiger partial charge in [0.2, 0.25) is 0 Å². The molecular weight excluding hydrogens is 228 g/mol. The Labute approximate surface area is 106 Å². The minimum absolute atomic E-state index is 0.331. The molecule has 0 spiro atoms. The van der Waals surface area contributed by atoms with Crippen molar-refractivity contribution in [2.24, 2.45) is 5.73 Å². The van der Waals surface area contributed by atoms with E-state index in [9.17, 15) is 4.79 Å². The monoisotopic (exact) mass is 246 g/mol. The number of benzene rings is 1. The van der Waals surface area contributed by atoms with E-state index in [2.05, 4.69) is 17.7 Å². The molecule has 2 rings (SSSR count). The van der Waals surface area contributed by atoms with Crippen molar-refractivity contribution in [2.75, 3.05) is 6.54 Å². The summed E-state index contributed by atoms with van der Waals surface area (Å²) < 4.78 is 2.12. The third-order valence-corrected chi connectivity index (χ3v) is 3.09. The third-order valence-electron chi connectivity index (χ3n) is 3.09. The summed E-state index contributed by atoms with van der Waals surface area (Å²) in [7, 11) is 0. The normalized spacial score (nSPS) is 11.0. The molecule has 1 heterocycles. The minimum atomic E-state index is -0.887. The van der Waals surface area contributed by atoms with E-state index in [0.29, 0.717) is 12.1 Å². The molecule has 1 aromatic heterocycles. The van der Waals surface area contributed by atoms with Crippen LogP contribution in [0.5, 0.6) is 0 Å². The highest BCUT2D eigenvalue weighted by Crippen LogP contribution is 2.23. The van der Waals surface area contributed by atoms with Crippen LogP contribution in [0.4, 0.5) is 0 Å². The average molecular weight is 246 g/mol. The number of aromatic nitrogens is 1. The number of nitrogens with zero attached hydrogens (tertiary/aromatic N) is 1. The predicted octanol–water partition coefficient (Wildman–Crippen LogP) is 2.25. The predicted molar refractivity (Wildman–Crippen MR) is 71.9 cm³/mol. The number of carboxylic acids is 1. The zero-order chi connectivity index (χ0) is 13.1. The van der Waals surface area contributed by atoms with Gasteiger partial charge in [0.05, 0.1) is 5.56 Å². The van der Waals surface area contributed by atoms with E-state index in [0.717, 1.165) is 30.3 Å². The number of hydrogen-bond acceptors (Lipinski definition) is 2. The first-order chi connectivity index (χ1) is 8.67. The summed E-state index contributed by atoms with van der Waals surface area (Å²) in [6.07, 6.45) is 3.93. The van der Waals surface area contributed by atoms with Crippen LogP contribution in [0, 0.1) is 0 Å². The molecule has 0 bridgehead atoms. The maximum atomic E-state index is 11.0. The lowest BCUT2D eigenvalue weighted by atomic mass is 10.1. The zero-order valence-corrected chi connectivity index (χ0v) is 10.5. The molecule has 1 aromatic carbocycles. The van der Waals surface area contributed by atoms with Crippen molar-refractivity contribution in [3.63, 3.8) is 0 Å². The SMILES string of the molecule is CCCn1cc(CCN)c2ccc(C(=O)O)cc21. The van der Waals surface area contributed by atoms with Gasteiger partial charge in [-0.1, -0.05) is 13.0 Å². The Kier molecular flexibility index (Phi) is 3.67. The van der Waals surface area contributed by atoms with Gasteiger partial charge >= 0.3 is 5.97 Å². The Morgan fingerprint density at radius 1 is 1.44 bits per heavy atom. The maximum Gasteiger partial charge on any atom is 0.335 e. The van der Waals surface area contributed by atoms with E-state index in [-0.39, 0.29) is 0 Å². The Morgan fingerprint density at radius 3 is 2.83 bits per heavy atom. The van der Waals surface area contributed by atoms with E-state index < -0.39 is 5.97 Å². The fourth-order valence-corrected chi connectivity index (χ4v) is 2.28. The number of carboxylic acid groups (broad SMARTS) is 1. The van der Waals surface area contributed by atoms with E-state index in [1.807, 2.05) is 6.07 Å². The first kappa shape index (κ1) is 12.6. The second-order valence-corrected chi connectivity index (χ2v) is 4.42. The Balaban J connectivity index is 2.59. The summed E-state index contributed by atoms with van der Waals surface area (Å²) in [4.78, 5) is 11.0. The average Bonchev–Trinajstić information content (AvgIpc) is 2.68. The lowest BCUT2D eigenvalue weighted by Crippen LogP contribution is -2.02. The number of carbonyl (C=O) groups is 1. The van der Waals surface area contributed by atoms with Gasteiger partial charge in [-0.05, 0) is 37.1 Å². The highest BCUT2D eigenvalue weighted by Gasteiger charge is 2.10. The van der Waals surface area contributed by atoms with Crippen molar-refractivity contribution in [3.05, 3.63) is 35.5 Å². The summed E-state index contributed by atoms with van der Waals surface area (Å²) in [6.45, 7) is 3.60. The Morgan fingerprint density at radius 2 is 2.22 bits per heavy atom. The molecular formula is C14H18N2O2. The number of aromatic carboxylic acids is 1. The van der Waals surface area contributed by atoms with E-state index >= 15 is 0 Å². The molecule has 0 unspecified atom stereocenters. The summed E-state index contributed by atoms with van der Waals surface area (Å²) >= 11 is 0. The van der Waals surface area contributed by atoms with Gasteiger partial charge < -0.3 is 15.4 Å². The van der Waals surface area contributed by atoms with E-state index in [1.54, 1.807) is 12.1 Å². The fraction of sp³-hybridized carbons (Fsp3) is 0.357. The van der Waals surface area contributed by atoms with E-state index in [4.69, 9.17) is 10.8 Å². The molecule has 4 nitrogen and oxygen atoms in total. The molecule has 4 heteroatoms. The van der Waals surface area contributed by atoms with Crippen LogP contribution in [-0.2, 0) is 13.0 Å². The molecule has 0 saturated carbocycles. The first-order valence-electron chi connectivity index (χ1n) is 6.22. The molecule has 0 fully saturated rings. The molecule has 18 heavy (non-hydrogen) atoms. The standard InChI is InChI=1S/C14H18N2O2/c1-2-7-16-9-11(5-6-15)12-4-3-10(14(17)18)8-13(12)16/h3-4,8-9H,2,5-7,15H2,1H3,(H,17,18). The van der Waals surface area contributed by atoms with Crippen LogP contribution in [0.1, 0.15) is 29.3 Å². The summed E-state index contributed by atoms with van der Waals surface area (Å²) in [5, 5.41) is 10.2. The number of nitrogens with two attached hydrogens (primary N) is 1. The summed E-state index contributed by atoms with van der Waals surface area (Å²) in [5.41, 5.74) is 8.12. The smallest absolute Gasteiger partial charge is 0.335 e. The maximum absolute atomic E-state index is 11.0. The van der Waals surface area contributed by atoms with Crippen LogP contribution in [0.25, 0.3) is 10.9 Å². The van der Waals surface area contributed by atoms with Crippen LogP contribution in [0.3, 0.4) is 0 Å².